The SMILES string of the molecule is CCB(CC)C1=C(c2ccccc2)[Si](C)(Cl)/C1=C/c1ccccc1. The van der Waals surface area contributed by atoms with E-state index >= 15 is 0 Å². The molecule has 2 aromatic carbocycles. The molecule has 0 N–H and O–H groups in total. The topological polar surface area (TPSA) is 0 Å². The lowest BCUT2D eigenvalue weighted by Gasteiger charge is -2.43. The van der Waals surface area contributed by atoms with E-state index in [1.165, 1.54) is 27.0 Å². The van der Waals surface area contributed by atoms with Gasteiger partial charge in [-0.2, -0.15) is 11.1 Å². The first-order chi connectivity index (χ1) is 11.6. The zero-order valence-corrected chi connectivity index (χ0v) is 16.5. The summed E-state index contributed by atoms with van der Waals surface area (Å²) in [5.41, 5.74) is 4.08. The summed E-state index contributed by atoms with van der Waals surface area (Å²) in [7, 11) is -2.08. The Morgan fingerprint density at radius 1 is 0.917 bits per heavy atom. The largest absolute Gasteiger partial charge is 0.213 e. The molecule has 0 amide bonds. The fraction of sp³-hybridized carbons (Fsp3) is 0.238. The van der Waals surface area contributed by atoms with Gasteiger partial charge in [0.15, 0.2) is 6.71 Å². The van der Waals surface area contributed by atoms with Gasteiger partial charge in [-0.05, 0) is 28.1 Å². The van der Waals surface area contributed by atoms with Gasteiger partial charge >= 0.3 is 0 Å². The van der Waals surface area contributed by atoms with Gasteiger partial charge in [-0.25, -0.2) is 0 Å². The number of halogens is 1. The minimum Gasteiger partial charge on any atom is -0.155 e. The maximum absolute atomic E-state index is 7.19. The Hall–Kier alpha value is -1.51. The lowest BCUT2D eigenvalue weighted by atomic mass is 9.40. The Balaban J connectivity index is 2.16. The quantitative estimate of drug-likeness (QED) is 0.426. The Morgan fingerprint density at radius 3 is 2.00 bits per heavy atom. The van der Waals surface area contributed by atoms with E-state index < -0.39 is 7.38 Å². The minimum atomic E-state index is -2.08. The molecule has 0 bridgehead atoms. The second kappa shape index (κ2) is 7.16. The van der Waals surface area contributed by atoms with Crippen molar-refractivity contribution in [3.8, 4) is 0 Å². The van der Waals surface area contributed by atoms with Crippen LogP contribution in [0.2, 0.25) is 19.2 Å². The Bertz CT molecular complexity index is 759. The van der Waals surface area contributed by atoms with E-state index in [-0.39, 0.29) is 0 Å². The molecule has 0 saturated carbocycles. The summed E-state index contributed by atoms with van der Waals surface area (Å²) in [5.74, 6) is 0. The number of rotatable bonds is 5. The van der Waals surface area contributed by atoms with Crippen molar-refractivity contribution in [3.05, 3.63) is 82.5 Å². The van der Waals surface area contributed by atoms with Crippen LogP contribution < -0.4 is 0 Å². The third-order valence-electron chi connectivity index (χ3n) is 5.10. The third kappa shape index (κ3) is 3.05. The first-order valence-corrected chi connectivity index (χ1v) is 12.4. The molecule has 0 fully saturated rings. The van der Waals surface area contributed by atoms with E-state index in [1.54, 1.807) is 0 Å². The van der Waals surface area contributed by atoms with Crippen LogP contribution in [0.15, 0.2) is 71.3 Å². The van der Waals surface area contributed by atoms with Crippen molar-refractivity contribution in [3.63, 3.8) is 0 Å². The summed E-state index contributed by atoms with van der Waals surface area (Å²) in [6.45, 7) is 7.44. The van der Waals surface area contributed by atoms with Crippen molar-refractivity contribution in [1.29, 1.82) is 0 Å². The zero-order valence-electron chi connectivity index (χ0n) is 14.7. The lowest BCUT2D eigenvalue weighted by Crippen LogP contribution is -2.44. The van der Waals surface area contributed by atoms with Gasteiger partial charge in [0, 0.05) is 0 Å². The monoisotopic (exact) mass is 350 g/mol. The summed E-state index contributed by atoms with van der Waals surface area (Å²) >= 11 is 7.19. The minimum absolute atomic E-state index is 0.592. The molecule has 1 aliphatic heterocycles. The van der Waals surface area contributed by atoms with E-state index in [1.807, 2.05) is 0 Å². The second-order valence-electron chi connectivity index (χ2n) is 6.64. The molecule has 0 spiro atoms. The van der Waals surface area contributed by atoms with Crippen LogP contribution in [0.4, 0.5) is 0 Å². The van der Waals surface area contributed by atoms with Crippen molar-refractivity contribution >= 4 is 36.4 Å². The molecule has 1 heterocycles. The Morgan fingerprint density at radius 2 is 1.46 bits per heavy atom. The number of benzene rings is 2. The molecule has 1 atom stereocenters. The average Bonchev–Trinajstić information content (AvgIpc) is 2.61. The van der Waals surface area contributed by atoms with Crippen LogP contribution in [-0.2, 0) is 0 Å². The molecular weight excluding hydrogens is 327 g/mol. The fourth-order valence-electron chi connectivity index (χ4n) is 3.79. The van der Waals surface area contributed by atoms with E-state index in [0.717, 1.165) is 12.6 Å². The Kier molecular flexibility index (Phi) is 5.17. The maximum Gasteiger partial charge on any atom is 0.213 e. The summed E-state index contributed by atoms with van der Waals surface area (Å²) in [6.07, 6.45) is 4.66. The summed E-state index contributed by atoms with van der Waals surface area (Å²) in [4.78, 5) is 0. The van der Waals surface area contributed by atoms with Crippen LogP contribution in [0.1, 0.15) is 25.0 Å². The highest BCUT2D eigenvalue weighted by atomic mass is 35.6. The molecule has 0 radical (unpaired) electrons. The van der Waals surface area contributed by atoms with Crippen LogP contribution in [0, 0.1) is 0 Å². The molecule has 3 rings (SSSR count). The van der Waals surface area contributed by atoms with Gasteiger partial charge in [-0.15, -0.1) is 0 Å². The smallest absolute Gasteiger partial charge is 0.155 e. The second-order valence-corrected chi connectivity index (χ2v) is 12.0. The van der Waals surface area contributed by atoms with Gasteiger partial charge in [-0.3, -0.25) is 0 Å². The van der Waals surface area contributed by atoms with Crippen molar-refractivity contribution in [2.24, 2.45) is 0 Å². The van der Waals surface area contributed by atoms with Crippen molar-refractivity contribution < 1.29 is 0 Å². The molecule has 24 heavy (non-hydrogen) atoms. The summed E-state index contributed by atoms with van der Waals surface area (Å²) in [5, 5.41) is 2.86. The molecular formula is C21H24BClSi. The van der Waals surface area contributed by atoms with Gasteiger partial charge in [0.1, 0.15) is 0 Å². The molecule has 1 aliphatic rings. The van der Waals surface area contributed by atoms with Crippen molar-refractivity contribution in [2.75, 3.05) is 0 Å². The maximum atomic E-state index is 7.19. The predicted molar refractivity (Wildman–Crippen MR) is 112 cm³/mol. The molecule has 3 heteroatoms. The summed E-state index contributed by atoms with van der Waals surface area (Å²) < 4.78 is 0. The zero-order chi connectivity index (χ0) is 17.2. The van der Waals surface area contributed by atoms with E-state index in [0.29, 0.717) is 6.71 Å². The van der Waals surface area contributed by atoms with Crippen LogP contribution in [0.25, 0.3) is 11.3 Å². The third-order valence-corrected chi connectivity index (χ3v) is 9.20. The average molecular weight is 351 g/mol. The highest BCUT2D eigenvalue weighted by molar-refractivity contribution is 7.37. The molecule has 0 nitrogen and oxygen atoms in total. The van der Waals surface area contributed by atoms with Gasteiger partial charge < -0.3 is 0 Å². The molecule has 0 aromatic heterocycles. The van der Waals surface area contributed by atoms with Gasteiger partial charge in [0.05, 0.1) is 0 Å². The first-order valence-electron chi connectivity index (χ1n) is 8.86. The molecule has 2 aromatic rings. The van der Waals surface area contributed by atoms with Gasteiger partial charge in [0.25, 0.3) is 0 Å². The van der Waals surface area contributed by atoms with Crippen LogP contribution >= 0.6 is 11.1 Å². The summed E-state index contributed by atoms with van der Waals surface area (Å²) in [6, 6.07) is 21.3. The predicted octanol–water partition coefficient (Wildman–Crippen LogP) is 6.50. The van der Waals surface area contributed by atoms with Crippen LogP contribution in [0.5, 0.6) is 0 Å². The van der Waals surface area contributed by atoms with Crippen molar-refractivity contribution in [1.82, 2.24) is 0 Å². The van der Waals surface area contributed by atoms with Gasteiger partial charge in [-0.1, -0.05) is 98.7 Å². The van der Waals surface area contributed by atoms with Crippen LogP contribution in [0.3, 0.4) is 0 Å². The Labute approximate surface area is 152 Å². The highest BCUT2D eigenvalue weighted by Crippen LogP contribution is 2.52. The molecule has 1 unspecified atom stereocenters. The number of hydrogen-bond donors (Lipinski definition) is 0. The number of allylic oxidation sites excluding steroid dienone is 2. The normalized spacial score (nSPS) is 21.8. The fourth-order valence-corrected chi connectivity index (χ4v) is 7.80. The lowest BCUT2D eigenvalue weighted by molar-refractivity contribution is 1.31. The number of hydrogen-bond acceptors (Lipinski definition) is 0. The van der Waals surface area contributed by atoms with E-state index in [9.17, 15) is 0 Å². The van der Waals surface area contributed by atoms with Crippen molar-refractivity contribution in [2.45, 2.75) is 33.0 Å². The molecule has 0 aliphatic carbocycles. The molecule has 122 valence electrons. The molecule has 0 saturated heterocycles. The standard InChI is InChI=1S/C21H24BClSi/c1-4-22(5-2)20-19(16-17-12-8-6-9-13-17)24(3,23)21(20)18-14-10-7-11-15-18/h6-16H,4-5H2,1-3H3/b19-16+. The highest BCUT2D eigenvalue weighted by Gasteiger charge is 2.49. The van der Waals surface area contributed by atoms with Gasteiger partial charge in [0.2, 0.25) is 7.38 Å². The van der Waals surface area contributed by atoms with E-state index in [2.05, 4.69) is 87.1 Å². The first kappa shape index (κ1) is 17.3. The van der Waals surface area contributed by atoms with E-state index in [4.69, 9.17) is 11.1 Å². The van der Waals surface area contributed by atoms with Crippen LogP contribution in [-0.4, -0.2) is 14.1 Å².